The van der Waals surface area contributed by atoms with Crippen LogP contribution in [-0.4, -0.2) is 24.5 Å². The van der Waals surface area contributed by atoms with Crippen LogP contribution in [0, 0.1) is 0 Å². The molecule has 0 spiro atoms. The second kappa shape index (κ2) is 4.64. The summed E-state index contributed by atoms with van der Waals surface area (Å²) in [7, 11) is 4.11. The van der Waals surface area contributed by atoms with Crippen LogP contribution < -0.4 is 5.73 Å². The van der Waals surface area contributed by atoms with Crippen molar-refractivity contribution < 1.29 is 0 Å². The maximum atomic E-state index is 6.20. The summed E-state index contributed by atoms with van der Waals surface area (Å²) < 4.78 is 1.10. The van der Waals surface area contributed by atoms with Crippen LogP contribution in [-0.2, 0) is 0 Å². The molecule has 15 heavy (non-hydrogen) atoms. The smallest absolute Gasteiger partial charge is 0.0517 e. The third-order valence-corrected chi connectivity index (χ3v) is 2.94. The van der Waals surface area contributed by atoms with Crippen molar-refractivity contribution >= 4 is 15.9 Å². The van der Waals surface area contributed by atoms with Gasteiger partial charge in [-0.1, -0.05) is 28.1 Å². The van der Waals surface area contributed by atoms with E-state index in [-0.39, 0.29) is 11.6 Å². The Balaban J connectivity index is 3.05. The molecule has 1 unspecified atom stereocenters. The summed E-state index contributed by atoms with van der Waals surface area (Å²) in [5.74, 6) is 0. The number of halogens is 1. The molecule has 3 heteroatoms. The lowest BCUT2D eigenvalue weighted by Gasteiger charge is -2.36. The van der Waals surface area contributed by atoms with Crippen LogP contribution >= 0.6 is 15.9 Å². The van der Waals surface area contributed by atoms with Crippen molar-refractivity contribution in [1.29, 1.82) is 0 Å². The van der Waals surface area contributed by atoms with E-state index in [0.717, 1.165) is 4.47 Å². The Morgan fingerprint density at radius 2 is 1.67 bits per heavy atom. The maximum Gasteiger partial charge on any atom is 0.0517 e. The molecule has 2 nitrogen and oxygen atoms in total. The Morgan fingerprint density at radius 1 is 1.20 bits per heavy atom. The molecule has 0 aliphatic rings. The van der Waals surface area contributed by atoms with Gasteiger partial charge < -0.3 is 10.6 Å². The van der Waals surface area contributed by atoms with Crippen molar-refractivity contribution in [1.82, 2.24) is 4.90 Å². The van der Waals surface area contributed by atoms with E-state index < -0.39 is 0 Å². The molecule has 0 fully saturated rings. The zero-order chi connectivity index (χ0) is 11.6. The standard InChI is InChI=1S/C12H19BrN2/c1-12(2,14)11(15(3)4)9-5-7-10(13)8-6-9/h5-8,11H,14H2,1-4H3. The number of hydrogen-bond acceptors (Lipinski definition) is 2. The van der Waals surface area contributed by atoms with Crippen molar-refractivity contribution in [3.63, 3.8) is 0 Å². The monoisotopic (exact) mass is 270 g/mol. The Hall–Kier alpha value is -0.380. The average molecular weight is 271 g/mol. The van der Waals surface area contributed by atoms with E-state index in [1.165, 1.54) is 5.56 Å². The Kier molecular flexibility index (Phi) is 3.93. The predicted molar refractivity (Wildman–Crippen MR) is 68.8 cm³/mol. The molecular weight excluding hydrogens is 252 g/mol. The van der Waals surface area contributed by atoms with Gasteiger partial charge in [-0.3, -0.25) is 0 Å². The van der Waals surface area contributed by atoms with Crippen molar-refractivity contribution in [2.24, 2.45) is 5.73 Å². The van der Waals surface area contributed by atoms with Gasteiger partial charge in [0, 0.05) is 10.0 Å². The quantitative estimate of drug-likeness (QED) is 0.916. The molecule has 84 valence electrons. The molecule has 0 amide bonds. The number of hydrogen-bond donors (Lipinski definition) is 1. The minimum absolute atomic E-state index is 0.227. The van der Waals surface area contributed by atoms with E-state index in [2.05, 4.69) is 73.0 Å². The Morgan fingerprint density at radius 3 is 2.00 bits per heavy atom. The fraction of sp³-hybridized carbons (Fsp3) is 0.500. The van der Waals surface area contributed by atoms with Crippen LogP contribution in [0.25, 0.3) is 0 Å². The van der Waals surface area contributed by atoms with Gasteiger partial charge in [-0.15, -0.1) is 0 Å². The number of nitrogens with two attached hydrogens (primary N) is 1. The largest absolute Gasteiger partial charge is 0.324 e. The SMILES string of the molecule is CN(C)C(c1ccc(Br)cc1)C(C)(C)N. The zero-order valence-corrected chi connectivity index (χ0v) is 11.4. The van der Waals surface area contributed by atoms with Gasteiger partial charge in [-0.25, -0.2) is 0 Å². The molecule has 0 aliphatic heterocycles. The molecule has 1 aromatic carbocycles. The topological polar surface area (TPSA) is 29.3 Å². The van der Waals surface area contributed by atoms with Gasteiger partial charge in [-0.05, 0) is 45.6 Å². The summed E-state index contributed by atoms with van der Waals surface area (Å²) in [6.45, 7) is 4.11. The molecular formula is C12H19BrN2. The minimum atomic E-state index is -0.253. The van der Waals surface area contributed by atoms with E-state index in [9.17, 15) is 0 Å². The summed E-state index contributed by atoms with van der Waals surface area (Å²) in [6.07, 6.45) is 0. The van der Waals surface area contributed by atoms with Crippen LogP contribution in [0.1, 0.15) is 25.5 Å². The van der Waals surface area contributed by atoms with Gasteiger partial charge in [0.25, 0.3) is 0 Å². The first kappa shape index (κ1) is 12.7. The Bertz CT molecular complexity index is 311. The summed E-state index contributed by atoms with van der Waals surface area (Å²) in [6, 6.07) is 8.56. The third-order valence-electron chi connectivity index (χ3n) is 2.41. The van der Waals surface area contributed by atoms with E-state index >= 15 is 0 Å². The highest BCUT2D eigenvalue weighted by atomic mass is 79.9. The van der Waals surface area contributed by atoms with Gasteiger partial charge >= 0.3 is 0 Å². The first-order valence-corrected chi connectivity index (χ1v) is 5.82. The number of likely N-dealkylation sites (N-methyl/N-ethyl adjacent to an activating group) is 1. The van der Waals surface area contributed by atoms with E-state index in [1.807, 2.05) is 0 Å². The van der Waals surface area contributed by atoms with Crippen LogP contribution in [0.2, 0.25) is 0 Å². The van der Waals surface area contributed by atoms with Crippen LogP contribution in [0.15, 0.2) is 28.7 Å². The van der Waals surface area contributed by atoms with E-state index in [0.29, 0.717) is 0 Å². The summed E-state index contributed by atoms with van der Waals surface area (Å²) in [4.78, 5) is 2.16. The van der Waals surface area contributed by atoms with Crippen LogP contribution in [0.4, 0.5) is 0 Å². The lowest BCUT2D eigenvalue weighted by atomic mass is 9.89. The molecule has 0 saturated carbocycles. The van der Waals surface area contributed by atoms with Gasteiger partial charge in [0.1, 0.15) is 0 Å². The molecule has 0 radical (unpaired) electrons. The van der Waals surface area contributed by atoms with Crippen LogP contribution in [0.5, 0.6) is 0 Å². The molecule has 1 aromatic rings. The van der Waals surface area contributed by atoms with Crippen molar-refractivity contribution in [3.05, 3.63) is 34.3 Å². The molecule has 1 rings (SSSR count). The first-order chi connectivity index (χ1) is 6.82. The van der Waals surface area contributed by atoms with Crippen molar-refractivity contribution in [2.45, 2.75) is 25.4 Å². The second-order valence-corrected chi connectivity index (χ2v) is 5.65. The number of benzene rings is 1. The molecule has 2 N–H and O–H groups in total. The third kappa shape index (κ3) is 3.30. The molecule has 0 aromatic heterocycles. The summed E-state index contributed by atoms with van der Waals surface area (Å²) in [5.41, 5.74) is 7.19. The summed E-state index contributed by atoms with van der Waals surface area (Å²) >= 11 is 3.44. The lowest BCUT2D eigenvalue weighted by molar-refractivity contribution is 0.205. The molecule has 0 bridgehead atoms. The van der Waals surface area contributed by atoms with Crippen molar-refractivity contribution in [2.75, 3.05) is 14.1 Å². The first-order valence-electron chi connectivity index (χ1n) is 5.03. The lowest BCUT2D eigenvalue weighted by Crippen LogP contribution is -2.45. The predicted octanol–water partition coefficient (Wildman–Crippen LogP) is 2.79. The molecule has 1 atom stereocenters. The molecule has 0 saturated heterocycles. The second-order valence-electron chi connectivity index (χ2n) is 4.74. The molecule has 0 aliphatic carbocycles. The highest BCUT2D eigenvalue weighted by Gasteiger charge is 2.28. The average Bonchev–Trinajstić information content (AvgIpc) is 2.05. The minimum Gasteiger partial charge on any atom is -0.324 e. The Labute approximate surface area is 101 Å². The highest BCUT2D eigenvalue weighted by Crippen LogP contribution is 2.28. The van der Waals surface area contributed by atoms with Crippen molar-refractivity contribution in [3.8, 4) is 0 Å². The summed E-state index contributed by atoms with van der Waals surface area (Å²) in [5, 5.41) is 0. The maximum absolute atomic E-state index is 6.20. The molecule has 0 heterocycles. The zero-order valence-electron chi connectivity index (χ0n) is 9.79. The van der Waals surface area contributed by atoms with Gasteiger partial charge in [-0.2, -0.15) is 0 Å². The van der Waals surface area contributed by atoms with Gasteiger partial charge in [0.05, 0.1) is 6.04 Å². The normalized spacial score (nSPS) is 14.3. The van der Waals surface area contributed by atoms with Crippen LogP contribution in [0.3, 0.4) is 0 Å². The highest BCUT2D eigenvalue weighted by molar-refractivity contribution is 9.10. The number of rotatable bonds is 3. The fourth-order valence-corrected chi connectivity index (χ4v) is 2.30. The van der Waals surface area contributed by atoms with E-state index in [4.69, 9.17) is 5.73 Å². The fourth-order valence-electron chi connectivity index (χ4n) is 2.04. The number of nitrogens with zero attached hydrogens (tertiary/aromatic N) is 1. The van der Waals surface area contributed by atoms with Gasteiger partial charge in [0.15, 0.2) is 0 Å². The van der Waals surface area contributed by atoms with Gasteiger partial charge in [0.2, 0.25) is 0 Å². The van der Waals surface area contributed by atoms with E-state index in [1.54, 1.807) is 0 Å².